The molecule has 106 valence electrons. The van der Waals surface area contributed by atoms with Crippen molar-refractivity contribution in [2.24, 2.45) is 5.73 Å². The van der Waals surface area contributed by atoms with Gasteiger partial charge < -0.3 is 11.1 Å². The number of carbonyl (C=O) groups excluding carboxylic acids is 1. The molecule has 0 unspecified atom stereocenters. The van der Waals surface area contributed by atoms with E-state index in [1.165, 1.54) is 0 Å². The number of fused-ring (bicyclic) bond motifs is 1. The maximum atomic E-state index is 11.7. The van der Waals surface area contributed by atoms with Crippen LogP contribution in [0.15, 0.2) is 48.5 Å². The number of thiazole rings is 1. The molecule has 2 aromatic carbocycles. The maximum Gasteiger partial charge on any atom is 0.244 e. The van der Waals surface area contributed by atoms with Gasteiger partial charge in [0.15, 0.2) is 0 Å². The van der Waals surface area contributed by atoms with E-state index in [2.05, 4.69) is 10.3 Å². The van der Waals surface area contributed by atoms with Crippen LogP contribution in [-0.2, 0) is 4.79 Å². The summed E-state index contributed by atoms with van der Waals surface area (Å²) < 4.78 is 1.09. The largest absolute Gasteiger partial charge is 0.370 e. The van der Waals surface area contributed by atoms with Crippen LogP contribution in [0, 0.1) is 6.92 Å². The van der Waals surface area contributed by atoms with Crippen LogP contribution in [0.5, 0.6) is 0 Å². The lowest BCUT2D eigenvalue weighted by molar-refractivity contribution is -0.118. The lowest BCUT2D eigenvalue weighted by atomic mass is 10.1. The molecule has 21 heavy (non-hydrogen) atoms. The van der Waals surface area contributed by atoms with Gasteiger partial charge in [-0.15, -0.1) is 11.3 Å². The van der Waals surface area contributed by atoms with E-state index < -0.39 is 11.9 Å². The van der Waals surface area contributed by atoms with Crippen LogP contribution in [0.1, 0.15) is 16.6 Å². The van der Waals surface area contributed by atoms with E-state index in [-0.39, 0.29) is 0 Å². The summed E-state index contributed by atoms with van der Waals surface area (Å²) in [5.41, 5.74) is 8.21. The molecule has 1 heterocycles. The van der Waals surface area contributed by atoms with E-state index in [9.17, 15) is 4.79 Å². The third-order valence-electron chi connectivity index (χ3n) is 3.22. The average molecular weight is 297 g/mol. The summed E-state index contributed by atoms with van der Waals surface area (Å²) in [5, 5.41) is 4.23. The minimum atomic E-state index is -0.544. The zero-order valence-corrected chi connectivity index (χ0v) is 12.4. The van der Waals surface area contributed by atoms with Gasteiger partial charge in [-0.05, 0) is 30.7 Å². The van der Waals surface area contributed by atoms with Crippen molar-refractivity contribution in [1.29, 1.82) is 0 Å². The molecule has 5 heteroatoms. The predicted molar refractivity (Wildman–Crippen MR) is 86.4 cm³/mol. The number of nitrogens with two attached hydrogens (primary N) is 1. The van der Waals surface area contributed by atoms with Crippen LogP contribution in [0.4, 0.5) is 5.69 Å². The van der Waals surface area contributed by atoms with Crippen molar-refractivity contribution in [3.63, 3.8) is 0 Å². The molecule has 0 radical (unpaired) electrons. The Morgan fingerprint density at radius 1 is 1.24 bits per heavy atom. The summed E-state index contributed by atoms with van der Waals surface area (Å²) in [6.07, 6.45) is 0. The smallest absolute Gasteiger partial charge is 0.244 e. The molecule has 0 bridgehead atoms. The molecule has 0 aliphatic rings. The molecule has 3 rings (SSSR count). The van der Waals surface area contributed by atoms with Crippen molar-refractivity contribution in [3.05, 3.63) is 59.1 Å². The minimum Gasteiger partial charge on any atom is -0.370 e. The second kappa shape index (κ2) is 5.54. The molecule has 0 spiro atoms. The molecule has 1 aromatic heterocycles. The van der Waals surface area contributed by atoms with Gasteiger partial charge in [0.05, 0.1) is 15.2 Å². The Labute approximate surface area is 126 Å². The van der Waals surface area contributed by atoms with Crippen molar-refractivity contribution < 1.29 is 4.79 Å². The molecule has 4 nitrogen and oxygen atoms in total. The predicted octanol–water partition coefficient (Wildman–Crippen LogP) is 3.24. The van der Waals surface area contributed by atoms with Gasteiger partial charge in [-0.3, -0.25) is 4.79 Å². The zero-order valence-electron chi connectivity index (χ0n) is 11.5. The first-order chi connectivity index (χ1) is 10.1. The number of carbonyl (C=O) groups is 1. The number of anilines is 1. The van der Waals surface area contributed by atoms with Crippen LogP contribution in [0.25, 0.3) is 10.2 Å². The third kappa shape index (κ3) is 2.87. The summed E-state index contributed by atoms with van der Waals surface area (Å²) >= 11 is 1.63. The number of amides is 1. The average Bonchev–Trinajstić information content (AvgIpc) is 2.84. The van der Waals surface area contributed by atoms with Crippen molar-refractivity contribution in [3.8, 4) is 0 Å². The van der Waals surface area contributed by atoms with E-state index in [0.29, 0.717) is 0 Å². The van der Waals surface area contributed by atoms with Crippen LogP contribution in [0.2, 0.25) is 0 Å². The van der Waals surface area contributed by atoms with E-state index in [1.54, 1.807) is 11.3 Å². The van der Waals surface area contributed by atoms with Gasteiger partial charge in [0, 0.05) is 5.69 Å². The molecule has 1 atom stereocenters. The molecular formula is C16H15N3OS. The van der Waals surface area contributed by atoms with E-state index in [4.69, 9.17) is 5.73 Å². The lowest BCUT2D eigenvalue weighted by Gasteiger charge is -2.17. The number of nitrogens with zero attached hydrogens (tertiary/aromatic N) is 1. The van der Waals surface area contributed by atoms with Crippen LogP contribution < -0.4 is 11.1 Å². The quantitative estimate of drug-likeness (QED) is 0.776. The highest BCUT2D eigenvalue weighted by atomic mass is 32.1. The summed E-state index contributed by atoms with van der Waals surface area (Å²) in [4.78, 5) is 16.1. The fourth-order valence-electron chi connectivity index (χ4n) is 2.26. The van der Waals surface area contributed by atoms with Gasteiger partial charge in [-0.1, -0.05) is 30.3 Å². The summed E-state index contributed by atoms with van der Waals surface area (Å²) in [7, 11) is 0. The first-order valence-electron chi connectivity index (χ1n) is 6.61. The summed E-state index contributed by atoms with van der Waals surface area (Å²) in [5.74, 6) is -0.401. The Bertz CT molecular complexity index is 783. The number of primary amides is 1. The number of aromatic nitrogens is 1. The monoisotopic (exact) mass is 297 g/mol. The van der Waals surface area contributed by atoms with Gasteiger partial charge in [0.2, 0.25) is 5.91 Å². The summed E-state index contributed by atoms with van der Waals surface area (Å²) in [6, 6.07) is 14.8. The Kier molecular flexibility index (Phi) is 3.58. The third-order valence-corrected chi connectivity index (χ3v) is 4.16. The second-order valence-electron chi connectivity index (χ2n) is 4.81. The SMILES string of the molecule is Cc1nc2ccc(N[C@@H](C(N)=O)c3ccccc3)cc2s1. The molecule has 0 aliphatic heterocycles. The highest BCUT2D eigenvalue weighted by Crippen LogP contribution is 2.27. The number of nitrogens with one attached hydrogen (secondary N) is 1. The minimum absolute atomic E-state index is 0.401. The molecule has 1 amide bonds. The molecule has 0 fully saturated rings. The van der Waals surface area contributed by atoms with Gasteiger partial charge in [0.25, 0.3) is 0 Å². The van der Waals surface area contributed by atoms with Gasteiger partial charge in [0.1, 0.15) is 6.04 Å². The Morgan fingerprint density at radius 3 is 2.71 bits per heavy atom. The summed E-state index contributed by atoms with van der Waals surface area (Å²) in [6.45, 7) is 1.98. The lowest BCUT2D eigenvalue weighted by Crippen LogP contribution is -2.27. The standard InChI is InChI=1S/C16H15N3OS/c1-10-18-13-8-7-12(9-14(13)21-10)19-15(16(17)20)11-5-3-2-4-6-11/h2-9,15,19H,1H3,(H2,17,20)/t15-/m1/s1. The molecule has 0 saturated carbocycles. The highest BCUT2D eigenvalue weighted by molar-refractivity contribution is 7.18. The molecule has 0 aliphatic carbocycles. The first kappa shape index (κ1) is 13.6. The number of aryl methyl sites for hydroxylation is 1. The number of benzene rings is 2. The Morgan fingerprint density at radius 2 is 2.00 bits per heavy atom. The molecule has 0 saturated heterocycles. The fraction of sp³-hybridized carbons (Fsp3) is 0.125. The Balaban J connectivity index is 1.92. The topological polar surface area (TPSA) is 68.0 Å². The zero-order chi connectivity index (χ0) is 14.8. The van der Waals surface area contributed by atoms with Crippen molar-refractivity contribution in [2.75, 3.05) is 5.32 Å². The van der Waals surface area contributed by atoms with Crippen molar-refractivity contribution in [2.45, 2.75) is 13.0 Å². The fourth-order valence-corrected chi connectivity index (χ4v) is 3.13. The van der Waals surface area contributed by atoms with E-state index in [0.717, 1.165) is 26.5 Å². The molecule has 3 N–H and O–H groups in total. The van der Waals surface area contributed by atoms with Crippen LogP contribution >= 0.6 is 11.3 Å². The molecular weight excluding hydrogens is 282 g/mol. The van der Waals surface area contributed by atoms with E-state index in [1.807, 2.05) is 55.5 Å². The normalized spacial score (nSPS) is 12.2. The maximum absolute atomic E-state index is 11.7. The molecule has 3 aromatic rings. The van der Waals surface area contributed by atoms with Crippen molar-refractivity contribution >= 4 is 33.1 Å². The Hall–Kier alpha value is -2.40. The number of hydrogen-bond donors (Lipinski definition) is 2. The first-order valence-corrected chi connectivity index (χ1v) is 7.43. The highest BCUT2D eigenvalue weighted by Gasteiger charge is 2.17. The van der Waals surface area contributed by atoms with Crippen LogP contribution in [0.3, 0.4) is 0 Å². The number of rotatable bonds is 4. The van der Waals surface area contributed by atoms with Gasteiger partial charge in [-0.25, -0.2) is 4.98 Å². The second-order valence-corrected chi connectivity index (χ2v) is 6.04. The van der Waals surface area contributed by atoms with Gasteiger partial charge >= 0.3 is 0 Å². The van der Waals surface area contributed by atoms with Crippen molar-refractivity contribution in [1.82, 2.24) is 4.98 Å². The number of hydrogen-bond acceptors (Lipinski definition) is 4. The van der Waals surface area contributed by atoms with Gasteiger partial charge in [-0.2, -0.15) is 0 Å². The van der Waals surface area contributed by atoms with Crippen LogP contribution in [-0.4, -0.2) is 10.9 Å². The van der Waals surface area contributed by atoms with E-state index >= 15 is 0 Å².